The molecule has 130 valence electrons. The molecule has 0 bridgehead atoms. The Bertz CT molecular complexity index is 824. The highest BCUT2D eigenvalue weighted by Gasteiger charge is 2.24. The molecule has 0 amide bonds. The summed E-state index contributed by atoms with van der Waals surface area (Å²) in [7, 11) is 0. The van der Waals surface area contributed by atoms with Crippen molar-refractivity contribution in [3.05, 3.63) is 71.7 Å². The molecule has 2 heterocycles. The Morgan fingerprint density at radius 1 is 1.12 bits per heavy atom. The van der Waals surface area contributed by atoms with Gasteiger partial charge in [0.2, 0.25) is 0 Å². The standard InChI is InChI=1S/C21H22FNO2/c22-19-12-17-7-11-25-21(17)18(13-19)14-23(20-8-10-24-15-20)9-6-16-4-2-1-3-5-16/h1-5,7,11-13,20H,6,8-10,14-15H2. The van der Waals surface area contributed by atoms with Crippen molar-refractivity contribution in [1.82, 2.24) is 4.90 Å². The van der Waals surface area contributed by atoms with E-state index in [0.29, 0.717) is 12.6 Å². The number of rotatable bonds is 6. The van der Waals surface area contributed by atoms with Gasteiger partial charge in [-0.1, -0.05) is 30.3 Å². The third kappa shape index (κ3) is 3.75. The number of ether oxygens (including phenoxy) is 1. The molecule has 0 spiro atoms. The number of benzene rings is 2. The minimum Gasteiger partial charge on any atom is -0.464 e. The molecule has 1 unspecified atom stereocenters. The molecule has 4 rings (SSSR count). The first-order valence-corrected chi connectivity index (χ1v) is 8.81. The fourth-order valence-corrected chi connectivity index (χ4v) is 3.57. The maximum absolute atomic E-state index is 14.0. The van der Waals surface area contributed by atoms with Crippen molar-refractivity contribution in [3.63, 3.8) is 0 Å². The van der Waals surface area contributed by atoms with Gasteiger partial charge in [0, 0.05) is 36.7 Å². The molecule has 1 aromatic heterocycles. The Morgan fingerprint density at radius 3 is 2.80 bits per heavy atom. The molecule has 0 saturated carbocycles. The van der Waals surface area contributed by atoms with Crippen molar-refractivity contribution in [2.75, 3.05) is 19.8 Å². The summed E-state index contributed by atoms with van der Waals surface area (Å²) in [4.78, 5) is 2.40. The summed E-state index contributed by atoms with van der Waals surface area (Å²) in [6.07, 6.45) is 3.61. The first-order valence-electron chi connectivity index (χ1n) is 8.81. The van der Waals surface area contributed by atoms with Gasteiger partial charge in [-0.2, -0.15) is 0 Å². The van der Waals surface area contributed by atoms with E-state index in [1.807, 2.05) is 12.1 Å². The number of fused-ring (bicyclic) bond motifs is 1. The van der Waals surface area contributed by atoms with E-state index in [-0.39, 0.29) is 5.82 Å². The van der Waals surface area contributed by atoms with Gasteiger partial charge in [0.15, 0.2) is 0 Å². The van der Waals surface area contributed by atoms with Gasteiger partial charge >= 0.3 is 0 Å². The molecular weight excluding hydrogens is 317 g/mol. The fraction of sp³-hybridized carbons (Fsp3) is 0.333. The van der Waals surface area contributed by atoms with E-state index in [1.54, 1.807) is 12.3 Å². The maximum atomic E-state index is 14.0. The van der Waals surface area contributed by atoms with Crippen LogP contribution in [0.4, 0.5) is 4.39 Å². The molecule has 0 radical (unpaired) electrons. The topological polar surface area (TPSA) is 25.6 Å². The van der Waals surface area contributed by atoms with Gasteiger partial charge in [0.1, 0.15) is 11.4 Å². The summed E-state index contributed by atoms with van der Waals surface area (Å²) in [6.45, 7) is 3.12. The fourth-order valence-electron chi connectivity index (χ4n) is 3.57. The first kappa shape index (κ1) is 16.3. The van der Waals surface area contributed by atoms with Gasteiger partial charge in [-0.25, -0.2) is 4.39 Å². The van der Waals surface area contributed by atoms with Crippen LogP contribution in [0.15, 0.2) is 59.2 Å². The molecule has 1 saturated heterocycles. The normalized spacial score (nSPS) is 17.6. The monoisotopic (exact) mass is 339 g/mol. The van der Waals surface area contributed by atoms with Crippen molar-refractivity contribution in [3.8, 4) is 0 Å². The van der Waals surface area contributed by atoms with E-state index in [2.05, 4.69) is 29.2 Å². The summed E-state index contributed by atoms with van der Waals surface area (Å²) >= 11 is 0. The average molecular weight is 339 g/mol. The molecule has 4 heteroatoms. The average Bonchev–Trinajstić information content (AvgIpc) is 3.30. The van der Waals surface area contributed by atoms with Crippen LogP contribution in [0.2, 0.25) is 0 Å². The highest BCUT2D eigenvalue weighted by Crippen LogP contribution is 2.25. The molecule has 3 aromatic rings. The molecule has 1 atom stereocenters. The predicted octanol–water partition coefficient (Wildman–Crippen LogP) is 4.41. The van der Waals surface area contributed by atoms with Crippen LogP contribution in [0.3, 0.4) is 0 Å². The lowest BCUT2D eigenvalue weighted by Crippen LogP contribution is -2.36. The van der Waals surface area contributed by atoms with Crippen molar-refractivity contribution in [1.29, 1.82) is 0 Å². The first-order chi connectivity index (χ1) is 12.3. The SMILES string of the molecule is Fc1cc(CN(CCc2ccccc2)C2CCOC2)c2occc2c1. The predicted molar refractivity (Wildman–Crippen MR) is 96.0 cm³/mol. The zero-order chi connectivity index (χ0) is 17.1. The summed E-state index contributed by atoms with van der Waals surface area (Å²) < 4.78 is 25.2. The lowest BCUT2D eigenvalue weighted by molar-refractivity contribution is 0.140. The molecule has 0 N–H and O–H groups in total. The number of halogens is 1. The second-order valence-electron chi connectivity index (χ2n) is 6.63. The van der Waals surface area contributed by atoms with Gasteiger partial charge in [0.05, 0.1) is 12.9 Å². The second-order valence-corrected chi connectivity index (χ2v) is 6.63. The lowest BCUT2D eigenvalue weighted by Gasteiger charge is -2.28. The van der Waals surface area contributed by atoms with E-state index in [1.165, 1.54) is 11.6 Å². The summed E-state index contributed by atoms with van der Waals surface area (Å²) in [6, 6.07) is 15.8. The van der Waals surface area contributed by atoms with Crippen LogP contribution in [-0.2, 0) is 17.7 Å². The number of furan rings is 1. The summed E-state index contributed by atoms with van der Waals surface area (Å²) in [5.41, 5.74) is 3.00. The van der Waals surface area contributed by atoms with E-state index in [4.69, 9.17) is 9.15 Å². The largest absolute Gasteiger partial charge is 0.464 e. The molecule has 0 aliphatic carbocycles. The van der Waals surface area contributed by atoms with Crippen molar-refractivity contribution < 1.29 is 13.5 Å². The minimum atomic E-state index is -0.213. The van der Waals surface area contributed by atoms with Crippen LogP contribution in [0.1, 0.15) is 17.5 Å². The molecule has 25 heavy (non-hydrogen) atoms. The molecule has 3 nitrogen and oxygen atoms in total. The Balaban J connectivity index is 1.56. The minimum absolute atomic E-state index is 0.213. The third-order valence-electron chi connectivity index (χ3n) is 4.92. The van der Waals surface area contributed by atoms with Crippen LogP contribution >= 0.6 is 0 Å². The van der Waals surface area contributed by atoms with Gasteiger partial charge in [0.25, 0.3) is 0 Å². The lowest BCUT2D eigenvalue weighted by atomic mass is 10.1. The molecule has 2 aromatic carbocycles. The summed E-state index contributed by atoms with van der Waals surface area (Å²) in [5.74, 6) is -0.213. The number of hydrogen-bond acceptors (Lipinski definition) is 3. The van der Waals surface area contributed by atoms with Crippen molar-refractivity contribution in [2.24, 2.45) is 0 Å². The quantitative estimate of drug-likeness (QED) is 0.665. The maximum Gasteiger partial charge on any atom is 0.138 e. The highest BCUT2D eigenvalue weighted by molar-refractivity contribution is 5.80. The van der Waals surface area contributed by atoms with E-state index in [9.17, 15) is 4.39 Å². The third-order valence-corrected chi connectivity index (χ3v) is 4.92. The Kier molecular flexibility index (Phi) is 4.81. The summed E-state index contributed by atoms with van der Waals surface area (Å²) in [5, 5.41) is 0.820. The number of nitrogens with zero attached hydrogens (tertiary/aromatic N) is 1. The van der Waals surface area contributed by atoms with Gasteiger partial charge < -0.3 is 9.15 Å². The van der Waals surface area contributed by atoms with Crippen molar-refractivity contribution in [2.45, 2.75) is 25.4 Å². The smallest absolute Gasteiger partial charge is 0.138 e. The molecule has 1 fully saturated rings. The van der Waals surface area contributed by atoms with Crippen LogP contribution in [0.5, 0.6) is 0 Å². The van der Waals surface area contributed by atoms with E-state index < -0.39 is 0 Å². The van der Waals surface area contributed by atoms with Crippen LogP contribution in [0, 0.1) is 5.82 Å². The van der Waals surface area contributed by atoms with Gasteiger partial charge in [-0.3, -0.25) is 4.90 Å². The Morgan fingerprint density at radius 2 is 2.00 bits per heavy atom. The molecule has 1 aliphatic rings. The van der Waals surface area contributed by atoms with E-state index >= 15 is 0 Å². The zero-order valence-corrected chi connectivity index (χ0v) is 14.2. The molecular formula is C21H22FNO2. The van der Waals surface area contributed by atoms with E-state index in [0.717, 1.165) is 49.1 Å². The molecule has 1 aliphatic heterocycles. The highest BCUT2D eigenvalue weighted by atomic mass is 19.1. The van der Waals surface area contributed by atoms with Gasteiger partial charge in [-0.05, 0) is 36.6 Å². The number of hydrogen-bond donors (Lipinski definition) is 0. The van der Waals surface area contributed by atoms with Crippen LogP contribution in [0.25, 0.3) is 11.0 Å². The Hall–Kier alpha value is -2.17. The second kappa shape index (κ2) is 7.38. The van der Waals surface area contributed by atoms with Crippen LogP contribution in [-0.4, -0.2) is 30.7 Å². The zero-order valence-electron chi connectivity index (χ0n) is 14.2. The van der Waals surface area contributed by atoms with Gasteiger partial charge in [-0.15, -0.1) is 0 Å². The van der Waals surface area contributed by atoms with Crippen LogP contribution < -0.4 is 0 Å². The Labute approximate surface area is 147 Å². The van der Waals surface area contributed by atoms with Crippen molar-refractivity contribution >= 4 is 11.0 Å².